The molecule has 2 aromatic rings. The van der Waals surface area contributed by atoms with Gasteiger partial charge in [-0.25, -0.2) is 13.8 Å². The standard InChI is InChI=1S/C19H24F2N6O/c1-3-15(22)16(10-4-5-10)26-19-14(21)7-12(17(23)28)18(27-19)25-11-6-13(20)9(2)24-8-11/h6-8,10,15-16H,3-5,22H2,1-2H3,(H2,23,28)(H2,25,26,27)/t15-,16+/m0/s1. The van der Waals surface area contributed by atoms with E-state index in [9.17, 15) is 13.6 Å². The predicted molar refractivity (Wildman–Crippen MR) is 103 cm³/mol. The number of nitrogens with two attached hydrogens (primary N) is 2. The summed E-state index contributed by atoms with van der Waals surface area (Å²) in [6.45, 7) is 3.49. The third kappa shape index (κ3) is 4.36. The number of halogens is 2. The Morgan fingerprint density at radius 3 is 2.57 bits per heavy atom. The number of aryl methyl sites for hydroxylation is 1. The summed E-state index contributed by atoms with van der Waals surface area (Å²) in [5.41, 5.74) is 11.9. The van der Waals surface area contributed by atoms with Crippen molar-refractivity contribution in [2.45, 2.75) is 45.2 Å². The zero-order valence-corrected chi connectivity index (χ0v) is 15.8. The van der Waals surface area contributed by atoms with Crippen LogP contribution in [0.15, 0.2) is 18.3 Å². The molecule has 28 heavy (non-hydrogen) atoms. The maximum absolute atomic E-state index is 14.6. The lowest BCUT2D eigenvalue weighted by Crippen LogP contribution is -2.42. The number of primary amides is 1. The van der Waals surface area contributed by atoms with Crippen LogP contribution in [-0.2, 0) is 0 Å². The van der Waals surface area contributed by atoms with Gasteiger partial charge >= 0.3 is 0 Å². The number of aromatic nitrogens is 2. The summed E-state index contributed by atoms with van der Waals surface area (Å²) in [7, 11) is 0. The second-order valence-corrected chi connectivity index (χ2v) is 7.08. The fourth-order valence-electron chi connectivity index (χ4n) is 3.03. The van der Waals surface area contributed by atoms with Crippen molar-refractivity contribution in [3.05, 3.63) is 41.2 Å². The molecule has 1 fully saturated rings. The van der Waals surface area contributed by atoms with Crippen molar-refractivity contribution < 1.29 is 13.6 Å². The van der Waals surface area contributed by atoms with E-state index in [1.807, 2.05) is 6.92 Å². The van der Waals surface area contributed by atoms with Crippen LogP contribution in [0.2, 0.25) is 0 Å². The van der Waals surface area contributed by atoms with Crippen LogP contribution >= 0.6 is 0 Å². The normalized spacial score (nSPS) is 15.8. The molecule has 0 spiro atoms. The van der Waals surface area contributed by atoms with Crippen molar-refractivity contribution in [2.75, 3.05) is 10.6 Å². The summed E-state index contributed by atoms with van der Waals surface area (Å²) in [4.78, 5) is 19.9. The quantitative estimate of drug-likeness (QED) is 0.550. The van der Waals surface area contributed by atoms with Gasteiger partial charge in [-0.1, -0.05) is 6.92 Å². The molecule has 0 unspecified atom stereocenters. The average Bonchev–Trinajstić information content (AvgIpc) is 3.48. The van der Waals surface area contributed by atoms with E-state index >= 15 is 0 Å². The van der Waals surface area contributed by atoms with Gasteiger partial charge in [0.25, 0.3) is 5.91 Å². The first-order valence-corrected chi connectivity index (χ1v) is 9.21. The molecule has 150 valence electrons. The lowest BCUT2D eigenvalue weighted by Gasteiger charge is -2.25. The third-order valence-corrected chi connectivity index (χ3v) is 4.90. The van der Waals surface area contributed by atoms with E-state index in [-0.39, 0.29) is 40.7 Å². The predicted octanol–water partition coefficient (Wildman–Crippen LogP) is 2.83. The summed E-state index contributed by atoms with van der Waals surface area (Å²) in [5.74, 6) is -1.74. The Labute approximate surface area is 161 Å². The highest BCUT2D eigenvalue weighted by Crippen LogP contribution is 2.36. The number of amides is 1. The van der Waals surface area contributed by atoms with Crippen molar-refractivity contribution in [2.24, 2.45) is 17.4 Å². The van der Waals surface area contributed by atoms with E-state index in [0.29, 0.717) is 5.92 Å². The Hall–Kier alpha value is -2.81. The third-order valence-electron chi connectivity index (χ3n) is 4.90. The zero-order chi connectivity index (χ0) is 20.4. The Balaban J connectivity index is 1.94. The molecular weight excluding hydrogens is 366 g/mol. The lowest BCUT2D eigenvalue weighted by molar-refractivity contribution is 0.100. The van der Waals surface area contributed by atoms with E-state index in [4.69, 9.17) is 11.5 Å². The molecule has 1 amide bonds. The lowest BCUT2D eigenvalue weighted by atomic mass is 10.0. The second-order valence-electron chi connectivity index (χ2n) is 7.08. The topological polar surface area (TPSA) is 119 Å². The van der Waals surface area contributed by atoms with E-state index in [0.717, 1.165) is 25.3 Å². The van der Waals surface area contributed by atoms with Crippen LogP contribution in [0.5, 0.6) is 0 Å². The van der Waals surface area contributed by atoms with Gasteiger partial charge in [-0.15, -0.1) is 0 Å². The largest absolute Gasteiger partial charge is 0.365 e. The minimum atomic E-state index is -0.856. The molecule has 2 heterocycles. The fourth-order valence-corrected chi connectivity index (χ4v) is 3.03. The first-order valence-electron chi connectivity index (χ1n) is 9.21. The van der Waals surface area contributed by atoms with Crippen molar-refractivity contribution in [3.63, 3.8) is 0 Å². The molecule has 1 aliphatic carbocycles. The van der Waals surface area contributed by atoms with Gasteiger partial charge in [0.1, 0.15) is 11.6 Å². The van der Waals surface area contributed by atoms with E-state index in [2.05, 4.69) is 20.6 Å². The molecule has 0 aromatic carbocycles. The smallest absolute Gasteiger partial charge is 0.252 e. The van der Waals surface area contributed by atoms with Crippen LogP contribution in [0.4, 0.5) is 26.1 Å². The van der Waals surface area contributed by atoms with Crippen molar-refractivity contribution in [1.82, 2.24) is 9.97 Å². The number of carbonyl (C=O) groups excluding carboxylic acids is 1. The molecule has 2 atom stereocenters. The van der Waals surface area contributed by atoms with E-state index in [1.165, 1.54) is 19.2 Å². The maximum Gasteiger partial charge on any atom is 0.252 e. The van der Waals surface area contributed by atoms with Gasteiger partial charge in [0.15, 0.2) is 11.6 Å². The molecule has 6 N–H and O–H groups in total. The number of pyridine rings is 2. The van der Waals surface area contributed by atoms with Crippen molar-refractivity contribution >= 4 is 23.2 Å². The summed E-state index contributed by atoms with van der Waals surface area (Å²) in [5, 5.41) is 5.88. The maximum atomic E-state index is 14.6. The Morgan fingerprint density at radius 1 is 1.29 bits per heavy atom. The summed E-state index contributed by atoms with van der Waals surface area (Å²) >= 11 is 0. The molecular formula is C19H24F2N6O. The van der Waals surface area contributed by atoms with Crippen LogP contribution in [0.3, 0.4) is 0 Å². The zero-order valence-electron chi connectivity index (χ0n) is 15.8. The first-order chi connectivity index (χ1) is 13.3. The van der Waals surface area contributed by atoms with Crippen LogP contribution in [-0.4, -0.2) is 28.0 Å². The molecule has 2 aromatic heterocycles. The molecule has 0 bridgehead atoms. The Bertz CT molecular complexity index is 887. The minimum absolute atomic E-state index is 0.0149. The van der Waals surface area contributed by atoms with Crippen LogP contribution < -0.4 is 22.1 Å². The second kappa shape index (κ2) is 8.05. The number of anilines is 3. The number of nitrogens with one attached hydrogen (secondary N) is 2. The van der Waals surface area contributed by atoms with E-state index < -0.39 is 17.5 Å². The first kappa shape index (κ1) is 19.9. The van der Waals surface area contributed by atoms with Gasteiger partial charge in [0.05, 0.1) is 23.1 Å². The molecule has 9 heteroatoms. The van der Waals surface area contributed by atoms with Gasteiger partial charge in [-0.05, 0) is 38.2 Å². The number of hydrogen-bond acceptors (Lipinski definition) is 6. The average molecular weight is 390 g/mol. The highest BCUT2D eigenvalue weighted by atomic mass is 19.1. The molecule has 0 aliphatic heterocycles. The van der Waals surface area contributed by atoms with Crippen molar-refractivity contribution in [3.8, 4) is 0 Å². The molecule has 7 nitrogen and oxygen atoms in total. The summed E-state index contributed by atoms with van der Waals surface area (Å²) < 4.78 is 28.4. The fraction of sp³-hybridized carbons (Fsp3) is 0.421. The Kier molecular flexibility index (Phi) is 5.73. The van der Waals surface area contributed by atoms with Crippen LogP contribution in [0.1, 0.15) is 42.2 Å². The molecule has 1 saturated carbocycles. The highest BCUT2D eigenvalue weighted by molar-refractivity contribution is 5.98. The van der Waals surface area contributed by atoms with Gasteiger partial charge in [-0.3, -0.25) is 9.78 Å². The molecule has 1 aliphatic rings. The van der Waals surface area contributed by atoms with Gasteiger partial charge in [0, 0.05) is 18.2 Å². The molecule has 0 saturated heterocycles. The highest BCUT2D eigenvalue weighted by Gasteiger charge is 2.35. The van der Waals surface area contributed by atoms with Gasteiger partial charge in [0.2, 0.25) is 0 Å². The molecule has 0 radical (unpaired) electrons. The SMILES string of the molecule is CC[C@H](N)[C@H](Nc1nc(Nc2cnc(C)c(F)c2)c(C(N)=O)cc1F)C1CC1. The van der Waals surface area contributed by atoms with Gasteiger partial charge in [-0.2, -0.15) is 0 Å². The number of nitrogens with zero attached hydrogens (tertiary/aromatic N) is 2. The monoisotopic (exact) mass is 390 g/mol. The summed E-state index contributed by atoms with van der Waals surface area (Å²) in [6, 6.07) is 1.94. The number of rotatable bonds is 8. The van der Waals surface area contributed by atoms with Crippen molar-refractivity contribution in [1.29, 1.82) is 0 Å². The van der Waals surface area contributed by atoms with Gasteiger partial charge < -0.3 is 22.1 Å². The van der Waals surface area contributed by atoms with E-state index in [1.54, 1.807) is 0 Å². The molecule has 3 rings (SSSR count). The van der Waals surface area contributed by atoms with Crippen LogP contribution in [0, 0.1) is 24.5 Å². The number of carbonyl (C=O) groups is 1. The summed E-state index contributed by atoms with van der Waals surface area (Å²) in [6.07, 6.45) is 4.16. The minimum Gasteiger partial charge on any atom is -0.365 e. The number of hydrogen-bond donors (Lipinski definition) is 4. The Morgan fingerprint density at radius 2 is 2.00 bits per heavy atom. The van der Waals surface area contributed by atoms with Crippen LogP contribution in [0.25, 0.3) is 0 Å².